The number of nitro benzene ring substituents is 2. The van der Waals surface area contributed by atoms with E-state index < -0.39 is 9.85 Å². The molecule has 0 bridgehead atoms. The molecule has 0 amide bonds. The standard InChI is InChI=1S/C15H20N4O5/c1-3-24-15(2)8-4-5-11(10-15)16-17-13-7-6-12(18(20)21)9-14(13)19(22)23/h6-7,9,17H,3-5,8,10H2,1-2H3/b16-11-. The Hall–Kier alpha value is -2.55. The zero-order chi connectivity index (χ0) is 17.7. The van der Waals surface area contributed by atoms with Gasteiger partial charge in [0.15, 0.2) is 0 Å². The van der Waals surface area contributed by atoms with Crippen molar-refractivity contribution in [1.29, 1.82) is 0 Å². The summed E-state index contributed by atoms with van der Waals surface area (Å²) in [5.74, 6) is 0. The van der Waals surface area contributed by atoms with Gasteiger partial charge in [-0.2, -0.15) is 5.10 Å². The van der Waals surface area contributed by atoms with E-state index in [-0.39, 0.29) is 22.7 Å². The van der Waals surface area contributed by atoms with E-state index in [1.165, 1.54) is 12.1 Å². The minimum Gasteiger partial charge on any atom is -0.375 e. The van der Waals surface area contributed by atoms with Crippen LogP contribution < -0.4 is 5.43 Å². The van der Waals surface area contributed by atoms with E-state index >= 15 is 0 Å². The third kappa shape index (κ3) is 4.25. The lowest BCUT2D eigenvalue weighted by Gasteiger charge is -2.33. The normalized spacial score (nSPS) is 22.3. The predicted molar refractivity (Wildman–Crippen MR) is 89.3 cm³/mol. The molecule has 0 heterocycles. The summed E-state index contributed by atoms with van der Waals surface area (Å²) in [6, 6.07) is 3.43. The quantitative estimate of drug-likeness (QED) is 0.625. The fourth-order valence-electron chi connectivity index (χ4n) is 2.86. The SMILES string of the molecule is CCOC1(C)CCC/C(=N/Nc2ccc([N+](=O)[O-])cc2[N+](=O)[O-])C1. The van der Waals surface area contributed by atoms with Crippen molar-refractivity contribution in [1.82, 2.24) is 0 Å². The maximum Gasteiger partial charge on any atom is 0.301 e. The largest absolute Gasteiger partial charge is 0.375 e. The average Bonchev–Trinajstić information content (AvgIpc) is 2.52. The van der Waals surface area contributed by atoms with Gasteiger partial charge in [-0.25, -0.2) is 0 Å². The van der Waals surface area contributed by atoms with Gasteiger partial charge < -0.3 is 4.74 Å². The molecule has 0 aromatic heterocycles. The van der Waals surface area contributed by atoms with Crippen molar-refractivity contribution in [3.63, 3.8) is 0 Å². The van der Waals surface area contributed by atoms with Crippen LogP contribution >= 0.6 is 0 Å². The molecule has 9 heteroatoms. The third-order valence-corrected chi connectivity index (χ3v) is 3.97. The van der Waals surface area contributed by atoms with Gasteiger partial charge in [0.05, 0.1) is 21.5 Å². The van der Waals surface area contributed by atoms with Crippen LogP contribution in [0.2, 0.25) is 0 Å². The van der Waals surface area contributed by atoms with Crippen LogP contribution in [0.4, 0.5) is 17.1 Å². The van der Waals surface area contributed by atoms with Gasteiger partial charge in [0.1, 0.15) is 5.69 Å². The van der Waals surface area contributed by atoms with E-state index in [9.17, 15) is 20.2 Å². The van der Waals surface area contributed by atoms with Gasteiger partial charge in [0.2, 0.25) is 0 Å². The monoisotopic (exact) mass is 336 g/mol. The number of rotatable bonds is 6. The molecule has 0 radical (unpaired) electrons. The first-order valence-electron chi connectivity index (χ1n) is 7.73. The van der Waals surface area contributed by atoms with E-state index in [1.54, 1.807) is 0 Å². The number of hydrazone groups is 1. The molecule has 24 heavy (non-hydrogen) atoms. The molecule has 1 aliphatic rings. The van der Waals surface area contributed by atoms with Crippen LogP contribution in [0.3, 0.4) is 0 Å². The molecule has 0 saturated heterocycles. The first-order chi connectivity index (χ1) is 11.3. The van der Waals surface area contributed by atoms with Crippen LogP contribution in [0.15, 0.2) is 23.3 Å². The number of hydrogen-bond acceptors (Lipinski definition) is 7. The highest BCUT2D eigenvalue weighted by Gasteiger charge is 2.30. The molecule has 1 fully saturated rings. The molecule has 0 spiro atoms. The van der Waals surface area contributed by atoms with Crippen LogP contribution in [0.5, 0.6) is 0 Å². The molecule has 0 aliphatic heterocycles. The molecule has 1 N–H and O–H groups in total. The number of nitro groups is 2. The highest BCUT2D eigenvalue weighted by molar-refractivity contribution is 5.87. The van der Waals surface area contributed by atoms with Gasteiger partial charge in [-0.3, -0.25) is 25.7 Å². The maximum atomic E-state index is 11.1. The maximum absolute atomic E-state index is 11.1. The molecule has 130 valence electrons. The molecule has 1 aliphatic carbocycles. The Balaban J connectivity index is 2.18. The van der Waals surface area contributed by atoms with E-state index in [4.69, 9.17) is 4.74 Å². The molecule has 9 nitrogen and oxygen atoms in total. The van der Waals surface area contributed by atoms with Crippen molar-refractivity contribution in [2.45, 2.75) is 45.1 Å². The molecule has 1 unspecified atom stereocenters. The molecular formula is C15H20N4O5. The fourth-order valence-corrected chi connectivity index (χ4v) is 2.86. The van der Waals surface area contributed by atoms with Crippen LogP contribution in [0, 0.1) is 20.2 Å². The Morgan fingerprint density at radius 3 is 2.71 bits per heavy atom. The summed E-state index contributed by atoms with van der Waals surface area (Å²) in [6.45, 7) is 4.58. The minimum absolute atomic E-state index is 0.127. The molecule has 1 aromatic rings. The molecule has 2 rings (SSSR count). The lowest BCUT2D eigenvalue weighted by molar-refractivity contribution is -0.393. The Morgan fingerprint density at radius 1 is 1.33 bits per heavy atom. The van der Waals surface area contributed by atoms with Crippen LogP contribution in [0.25, 0.3) is 0 Å². The Bertz CT molecular complexity index is 672. The predicted octanol–water partition coefficient (Wildman–Crippen LogP) is 3.64. The summed E-state index contributed by atoms with van der Waals surface area (Å²) in [4.78, 5) is 20.5. The first kappa shape index (κ1) is 17.8. The van der Waals surface area contributed by atoms with Crippen molar-refractivity contribution in [2.24, 2.45) is 5.10 Å². The minimum atomic E-state index is -0.669. The second kappa shape index (κ2) is 7.35. The first-order valence-corrected chi connectivity index (χ1v) is 7.73. The number of anilines is 1. The Kier molecular flexibility index (Phi) is 5.45. The van der Waals surface area contributed by atoms with E-state index in [0.717, 1.165) is 31.0 Å². The van der Waals surface area contributed by atoms with Crippen molar-refractivity contribution in [2.75, 3.05) is 12.0 Å². The second-order valence-electron chi connectivity index (χ2n) is 5.92. The van der Waals surface area contributed by atoms with Crippen molar-refractivity contribution < 1.29 is 14.6 Å². The molecule has 1 atom stereocenters. The van der Waals surface area contributed by atoms with Crippen LogP contribution in [0.1, 0.15) is 39.5 Å². The van der Waals surface area contributed by atoms with Gasteiger partial charge in [0, 0.05) is 24.8 Å². The lowest BCUT2D eigenvalue weighted by Crippen LogP contribution is -2.35. The lowest BCUT2D eigenvalue weighted by atomic mass is 9.85. The molecule has 1 saturated carbocycles. The van der Waals surface area contributed by atoms with Gasteiger partial charge >= 0.3 is 5.69 Å². The summed E-state index contributed by atoms with van der Waals surface area (Å²) in [7, 11) is 0. The summed E-state index contributed by atoms with van der Waals surface area (Å²) < 4.78 is 5.76. The third-order valence-electron chi connectivity index (χ3n) is 3.97. The Labute approximate surface area is 139 Å². The van der Waals surface area contributed by atoms with Gasteiger partial charge in [-0.1, -0.05) is 0 Å². The Morgan fingerprint density at radius 2 is 2.08 bits per heavy atom. The van der Waals surface area contributed by atoms with Crippen LogP contribution in [-0.4, -0.2) is 27.8 Å². The zero-order valence-electron chi connectivity index (χ0n) is 13.7. The number of benzene rings is 1. The fraction of sp³-hybridized carbons (Fsp3) is 0.533. The highest BCUT2D eigenvalue weighted by Crippen LogP contribution is 2.31. The number of nitrogens with zero attached hydrogens (tertiary/aromatic N) is 3. The number of hydrogen-bond donors (Lipinski definition) is 1. The summed E-state index contributed by atoms with van der Waals surface area (Å²) in [5.41, 5.74) is 2.69. The smallest absolute Gasteiger partial charge is 0.301 e. The topological polar surface area (TPSA) is 120 Å². The number of nitrogens with one attached hydrogen (secondary N) is 1. The van der Waals surface area contributed by atoms with Crippen molar-refractivity contribution in [3.8, 4) is 0 Å². The zero-order valence-corrected chi connectivity index (χ0v) is 13.7. The molecule has 1 aromatic carbocycles. The highest BCUT2D eigenvalue weighted by atomic mass is 16.6. The summed E-state index contributed by atoms with van der Waals surface area (Å²) in [6.07, 6.45) is 3.31. The second-order valence-corrected chi connectivity index (χ2v) is 5.92. The summed E-state index contributed by atoms with van der Waals surface area (Å²) in [5, 5.41) is 26.1. The van der Waals surface area contributed by atoms with Gasteiger partial charge in [-0.15, -0.1) is 0 Å². The van der Waals surface area contributed by atoms with Crippen molar-refractivity contribution >= 4 is 22.8 Å². The summed E-state index contributed by atoms with van der Waals surface area (Å²) >= 11 is 0. The number of ether oxygens (including phenoxy) is 1. The van der Waals surface area contributed by atoms with Gasteiger partial charge in [0.25, 0.3) is 5.69 Å². The molecular weight excluding hydrogens is 316 g/mol. The van der Waals surface area contributed by atoms with Crippen molar-refractivity contribution in [3.05, 3.63) is 38.4 Å². The van der Waals surface area contributed by atoms with E-state index in [0.29, 0.717) is 13.0 Å². The van der Waals surface area contributed by atoms with Crippen LogP contribution in [-0.2, 0) is 4.74 Å². The van der Waals surface area contributed by atoms with E-state index in [2.05, 4.69) is 10.5 Å². The van der Waals surface area contributed by atoms with Gasteiger partial charge in [-0.05, 0) is 39.2 Å². The number of non-ortho nitro benzene ring substituents is 1. The average molecular weight is 336 g/mol. The van der Waals surface area contributed by atoms with E-state index in [1.807, 2.05) is 13.8 Å².